The van der Waals surface area contributed by atoms with Crippen molar-refractivity contribution >= 4 is 17.5 Å². The molecule has 6 heteroatoms. The van der Waals surface area contributed by atoms with Crippen molar-refractivity contribution in [3.63, 3.8) is 0 Å². The quantitative estimate of drug-likeness (QED) is 0.352. The number of benzene rings is 2. The Hall–Kier alpha value is -2.60. The summed E-state index contributed by atoms with van der Waals surface area (Å²) in [6.07, 6.45) is 2.10. The fourth-order valence-electron chi connectivity index (χ4n) is 3.11. The van der Waals surface area contributed by atoms with Crippen LogP contribution in [0.5, 0.6) is 5.75 Å². The second-order valence-corrected chi connectivity index (χ2v) is 8.01. The normalized spacial score (nSPS) is 10.9. The highest BCUT2D eigenvalue weighted by molar-refractivity contribution is 7.99. The molecule has 3 rings (SSSR count). The van der Waals surface area contributed by atoms with Crippen LogP contribution < -0.4 is 4.74 Å². The largest absolute Gasteiger partial charge is 0.497 e. The zero-order chi connectivity index (χ0) is 20.8. The van der Waals surface area contributed by atoms with Gasteiger partial charge in [0, 0.05) is 17.7 Å². The van der Waals surface area contributed by atoms with E-state index in [4.69, 9.17) is 4.74 Å². The van der Waals surface area contributed by atoms with E-state index in [1.165, 1.54) is 11.8 Å². The van der Waals surface area contributed by atoms with E-state index < -0.39 is 0 Å². The molecule has 0 fully saturated rings. The lowest BCUT2D eigenvalue weighted by Crippen LogP contribution is -2.08. The van der Waals surface area contributed by atoms with Crippen LogP contribution in [-0.4, -0.2) is 33.4 Å². The average Bonchev–Trinajstić information content (AvgIpc) is 3.14. The maximum absolute atomic E-state index is 12.8. The number of thioether (sulfide) groups is 1. The third kappa shape index (κ3) is 5.07. The van der Waals surface area contributed by atoms with Gasteiger partial charge in [-0.3, -0.25) is 4.79 Å². The highest BCUT2D eigenvalue weighted by atomic mass is 32.2. The second kappa shape index (κ2) is 9.74. The van der Waals surface area contributed by atoms with E-state index in [9.17, 15) is 4.79 Å². The lowest BCUT2D eigenvalue weighted by molar-refractivity contribution is 0.102. The summed E-state index contributed by atoms with van der Waals surface area (Å²) in [6, 6.07) is 13.8. The number of Topliss-reactive ketones (excluding diaryl/α,β-unsaturated/α-hetero) is 1. The van der Waals surface area contributed by atoms with Crippen molar-refractivity contribution in [2.75, 3.05) is 12.9 Å². The van der Waals surface area contributed by atoms with E-state index >= 15 is 0 Å². The van der Waals surface area contributed by atoms with Gasteiger partial charge in [-0.1, -0.05) is 42.8 Å². The van der Waals surface area contributed by atoms with Crippen LogP contribution in [0.4, 0.5) is 0 Å². The molecule has 0 saturated carbocycles. The standard InChI is InChI=1S/C23H27N3O2S/c1-5-6-13-26-22(18-9-11-19(28-4)12-10-18)24-25-23(26)29-15-21(27)20-14-16(2)7-8-17(20)3/h7-12,14H,5-6,13,15H2,1-4H3. The lowest BCUT2D eigenvalue weighted by Gasteiger charge is -2.10. The summed E-state index contributed by atoms with van der Waals surface area (Å²) >= 11 is 1.45. The Morgan fingerprint density at radius 2 is 1.86 bits per heavy atom. The molecule has 152 valence electrons. The smallest absolute Gasteiger partial charge is 0.191 e. The van der Waals surface area contributed by atoms with Gasteiger partial charge < -0.3 is 9.30 Å². The number of hydrogen-bond acceptors (Lipinski definition) is 5. The summed E-state index contributed by atoms with van der Waals surface area (Å²) in [4.78, 5) is 12.8. The molecule has 0 aliphatic heterocycles. The molecule has 0 radical (unpaired) electrons. The first-order valence-corrected chi connectivity index (χ1v) is 10.8. The molecule has 0 spiro atoms. The molecule has 1 aromatic heterocycles. The number of carbonyl (C=O) groups excluding carboxylic acids is 1. The van der Waals surface area contributed by atoms with Gasteiger partial charge in [-0.05, 0) is 56.2 Å². The van der Waals surface area contributed by atoms with Gasteiger partial charge in [-0.25, -0.2) is 0 Å². The first kappa shape index (κ1) is 21.1. The second-order valence-electron chi connectivity index (χ2n) is 7.07. The summed E-state index contributed by atoms with van der Waals surface area (Å²) in [6.45, 7) is 6.97. The zero-order valence-electron chi connectivity index (χ0n) is 17.4. The maximum Gasteiger partial charge on any atom is 0.191 e. The highest BCUT2D eigenvalue weighted by Gasteiger charge is 2.17. The van der Waals surface area contributed by atoms with Gasteiger partial charge in [0.15, 0.2) is 16.8 Å². The van der Waals surface area contributed by atoms with Crippen LogP contribution in [0, 0.1) is 13.8 Å². The topological polar surface area (TPSA) is 57.0 Å². The molecule has 0 atom stereocenters. The van der Waals surface area contributed by atoms with Crippen LogP contribution in [0.3, 0.4) is 0 Å². The molecule has 0 amide bonds. The van der Waals surface area contributed by atoms with Gasteiger partial charge in [0.1, 0.15) is 5.75 Å². The molecule has 2 aromatic carbocycles. The minimum Gasteiger partial charge on any atom is -0.497 e. The van der Waals surface area contributed by atoms with E-state index in [1.54, 1.807) is 7.11 Å². The fourth-order valence-corrected chi connectivity index (χ4v) is 3.96. The van der Waals surface area contributed by atoms with Crippen molar-refractivity contribution in [3.8, 4) is 17.1 Å². The predicted molar refractivity (Wildman–Crippen MR) is 118 cm³/mol. The van der Waals surface area contributed by atoms with E-state index in [1.807, 2.05) is 56.3 Å². The minimum absolute atomic E-state index is 0.118. The monoisotopic (exact) mass is 409 g/mol. The van der Waals surface area contributed by atoms with Crippen molar-refractivity contribution in [3.05, 3.63) is 59.2 Å². The van der Waals surface area contributed by atoms with E-state index in [0.29, 0.717) is 5.75 Å². The number of methoxy groups -OCH3 is 1. The number of rotatable bonds is 9. The Kier molecular flexibility index (Phi) is 7.09. The van der Waals surface area contributed by atoms with Gasteiger partial charge in [-0.15, -0.1) is 10.2 Å². The van der Waals surface area contributed by atoms with Crippen molar-refractivity contribution in [2.24, 2.45) is 0 Å². The van der Waals surface area contributed by atoms with Crippen LogP contribution >= 0.6 is 11.8 Å². The molecule has 0 bridgehead atoms. The molecule has 5 nitrogen and oxygen atoms in total. The summed E-state index contributed by atoms with van der Waals surface area (Å²) in [5, 5.41) is 9.58. The Bertz CT molecular complexity index is 980. The van der Waals surface area contributed by atoms with Gasteiger partial charge in [0.05, 0.1) is 12.9 Å². The van der Waals surface area contributed by atoms with Crippen LogP contribution in [0.25, 0.3) is 11.4 Å². The van der Waals surface area contributed by atoms with Crippen LogP contribution in [0.2, 0.25) is 0 Å². The third-order valence-electron chi connectivity index (χ3n) is 4.83. The number of hydrogen-bond donors (Lipinski definition) is 0. The van der Waals surface area contributed by atoms with Crippen molar-refractivity contribution in [2.45, 2.75) is 45.3 Å². The number of unbranched alkanes of at least 4 members (excludes halogenated alkanes) is 1. The van der Waals surface area contributed by atoms with E-state index in [0.717, 1.165) is 58.4 Å². The average molecular weight is 410 g/mol. The highest BCUT2D eigenvalue weighted by Crippen LogP contribution is 2.27. The van der Waals surface area contributed by atoms with Crippen LogP contribution in [0.15, 0.2) is 47.6 Å². The van der Waals surface area contributed by atoms with Gasteiger partial charge in [0.25, 0.3) is 0 Å². The number of ketones is 1. The summed E-state index contributed by atoms with van der Waals surface area (Å²) in [7, 11) is 1.65. The molecule has 1 heterocycles. The van der Waals surface area contributed by atoms with Gasteiger partial charge in [-0.2, -0.15) is 0 Å². The molecule has 29 heavy (non-hydrogen) atoms. The lowest BCUT2D eigenvalue weighted by atomic mass is 10.0. The Morgan fingerprint density at radius 3 is 2.55 bits per heavy atom. The van der Waals surface area contributed by atoms with E-state index in [-0.39, 0.29) is 5.78 Å². The molecule has 3 aromatic rings. The number of aromatic nitrogens is 3. The first-order chi connectivity index (χ1) is 14.0. The Morgan fingerprint density at radius 1 is 1.10 bits per heavy atom. The van der Waals surface area contributed by atoms with E-state index in [2.05, 4.69) is 21.7 Å². The maximum atomic E-state index is 12.8. The molecule has 0 aliphatic carbocycles. The van der Waals surface area contributed by atoms with Crippen molar-refractivity contribution in [1.29, 1.82) is 0 Å². The fraction of sp³-hybridized carbons (Fsp3) is 0.348. The molecule has 0 saturated heterocycles. The predicted octanol–water partition coefficient (Wildman–Crippen LogP) is 5.35. The van der Waals surface area contributed by atoms with Crippen LogP contribution in [0.1, 0.15) is 41.3 Å². The van der Waals surface area contributed by atoms with Gasteiger partial charge >= 0.3 is 0 Å². The summed E-state index contributed by atoms with van der Waals surface area (Å²) in [5.41, 5.74) is 3.87. The Balaban J connectivity index is 1.82. The van der Waals surface area contributed by atoms with Crippen molar-refractivity contribution in [1.82, 2.24) is 14.8 Å². The molecule has 0 aliphatic rings. The summed E-state index contributed by atoms with van der Waals surface area (Å²) < 4.78 is 7.36. The zero-order valence-corrected chi connectivity index (χ0v) is 18.3. The SMILES string of the molecule is CCCCn1c(SCC(=O)c2cc(C)ccc2C)nnc1-c1ccc(OC)cc1. The first-order valence-electron chi connectivity index (χ1n) is 9.84. The molecule has 0 unspecified atom stereocenters. The summed E-state index contributed by atoms with van der Waals surface area (Å²) in [5.74, 6) is 2.09. The number of ether oxygens (including phenoxy) is 1. The van der Waals surface area contributed by atoms with Gasteiger partial charge in [0.2, 0.25) is 0 Å². The van der Waals surface area contributed by atoms with Crippen molar-refractivity contribution < 1.29 is 9.53 Å². The Labute approximate surface area is 176 Å². The number of nitrogens with zero attached hydrogens (tertiary/aromatic N) is 3. The molecular weight excluding hydrogens is 382 g/mol. The number of carbonyl (C=O) groups is 1. The third-order valence-corrected chi connectivity index (χ3v) is 5.79. The number of aryl methyl sites for hydroxylation is 2. The minimum atomic E-state index is 0.118. The molecular formula is C23H27N3O2S. The molecule has 0 N–H and O–H groups in total. The van der Waals surface area contributed by atoms with Crippen LogP contribution in [-0.2, 0) is 6.54 Å².